The number of rotatable bonds is 5. The molecule has 1 aliphatic heterocycles. The number of likely N-dealkylation sites (N-methyl/N-ethyl adjacent to an activating group) is 1. The minimum atomic E-state index is -4.87. The normalized spacial score (nSPS) is 17.5. The van der Waals surface area contributed by atoms with Crippen LogP contribution >= 0.6 is 0 Å². The van der Waals surface area contributed by atoms with Crippen LogP contribution in [0.2, 0.25) is 0 Å². The molecule has 21 heavy (non-hydrogen) atoms. The van der Waals surface area contributed by atoms with Gasteiger partial charge >= 0.3 is 58.4 Å². The van der Waals surface area contributed by atoms with E-state index in [4.69, 9.17) is 0 Å². The number of hydrogen-bond acceptors (Lipinski definition) is 2. The average Bonchev–Trinajstić information content (AvgIpc) is 2.41. The minimum absolute atomic E-state index is 0. The van der Waals surface area contributed by atoms with Crippen molar-refractivity contribution in [2.24, 2.45) is 0 Å². The molecule has 0 unspecified atom stereocenters. The molecule has 0 spiro atoms. The second kappa shape index (κ2) is 9.06. The number of benzene rings is 1. The molecule has 0 saturated carbocycles. The predicted octanol–water partition coefficient (Wildman–Crippen LogP) is -1.07. The van der Waals surface area contributed by atoms with E-state index in [9.17, 15) is 12.9 Å². The first-order chi connectivity index (χ1) is 9.45. The molecule has 1 aromatic carbocycles. The van der Waals surface area contributed by atoms with Gasteiger partial charge < -0.3 is 22.7 Å². The topological polar surface area (TPSA) is 6.48 Å². The fourth-order valence-corrected chi connectivity index (χ4v) is 2.48. The standard InChI is InChI=1S/C14H21BF3N2.K/c1-19-9-11-20(12-10-19)8-2-3-13-4-6-14(7-5-13)15(16,17)18;/h4-7H,2-3,8-12H2,1H3;/q-1;+1. The Labute approximate surface area is 167 Å². The van der Waals surface area contributed by atoms with Crippen LogP contribution in [0.1, 0.15) is 12.0 Å². The average molecular weight is 324 g/mol. The molecule has 0 atom stereocenters. The fourth-order valence-electron chi connectivity index (χ4n) is 2.48. The number of hydrogen-bond donors (Lipinski definition) is 0. The van der Waals surface area contributed by atoms with E-state index in [1.807, 2.05) is 0 Å². The molecule has 7 heteroatoms. The molecule has 0 aliphatic carbocycles. The van der Waals surface area contributed by atoms with Crippen molar-refractivity contribution in [3.63, 3.8) is 0 Å². The van der Waals surface area contributed by atoms with Gasteiger partial charge in [0, 0.05) is 26.2 Å². The maximum atomic E-state index is 12.5. The van der Waals surface area contributed by atoms with Crippen molar-refractivity contribution in [1.82, 2.24) is 9.80 Å². The third-order valence-corrected chi connectivity index (χ3v) is 3.89. The van der Waals surface area contributed by atoms with Crippen molar-refractivity contribution in [1.29, 1.82) is 0 Å². The van der Waals surface area contributed by atoms with E-state index >= 15 is 0 Å². The smallest absolute Gasteiger partial charge is 0.445 e. The van der Waals surface area contributed by atoms with Gasteiger partial charge in [0.1, 0.15) is 0 Å². The van der Waals surface area contributed by atoms with Crippen molar-refractivity contribution in [3.05, 3.63) is 29.8 Å². The summed E-state index contributed by atoms with van der Waals surface area (Å²) < 4.78 is 37.5. The van der Waals surface area contributed by atoms with Crippen molar-refractivity contribution >= 4 is 12.4 Å². The Hall–Kier alpha value is 0.631. The molecule has 0 amide bonds. The van der Waals surface area contributed by atoms with Crippen LogP contribution < -0.4 is 56.8 Å². The van der Waals surface area contributed by atoms with Crippen molar-refractivity contribution in [2.45, 2.75) is 12.8 Å². The van der Waals surface area contributed by atoms with Crippen molar-refractivity contribution < 1.29 is 64.3 Å². The zero-order valence-electron chi connectivity index (χ0n) is 12.9. The summed E-state index contributed by atoms with van der Waals surface area (Å²) >= 11 is 0. The van der Waals surface area contributed by atoms with E-state index in [-0.39, 0.29) is 51.4 Å². The summed E-state index contributed by atoms with van der Waals surface area (Å²) in [4.78, 5) is 4.74. The molecule has 1 saturated heterocycles. The third-order valence-electron chi connectivity index (χ3n) is 3.89. The summed E-state index contributed by atoms with van der Waals surface area (Å²) in [5.74, 6) is 0. The summed E-state index contributed by atoms with van der Waals surface area (Å²) in [6, 6.07) is 5.61. The first-order valence-corrected chi connectivity index (χ1v) is 7.15. The van der Waals surface area contributed by atoms with Gasteiger partial charge in [-0.2, -0.15) is 0 Å². The van der Waals surface area contributed by atoms with Gasteiger partial charge in [-0.3, -0.25) is 0 Å². The predicted molar refractivity (Wildman–Crippen MR) is 77.4 cm³/mol. The zero-order chi connectivity index (χ0) is 14.6. The van der Waals surface area contributed by atoms with Crippen LogP contribution in [-0.4, -0.2) is 56.5 Å². The molecule has 0 radical (unpaired) electrons. The van der Waals surface area contributed by atoms with Crippen LogP contribution in [0, 0.1) is 0 Å². The maximum absolute atomic E-state index is 12.5. The Morgan fingerprint density at radius 1 is 1.00 bits per heavy atom. The quantitative estimate of drug-likeness (QED) is 0.636. The van der Waals surface area contributed by atoms with E-state index in [0.717, 1.165) is 51.1 Å². The van der Waals surface area contributed by atoms with Gasteiger partial charge in [0.15, 0.2) is 0 Å². The van der Waals surface area contributed by atoms with Crippen molar-refractivity contribution in [3.8, 4) is 0 Å². The van der Waals surface area contributed by atoms with Crippen LogP contribution in [0.4, 0.5) is 12.9 Å². The second-order valence-corrected chi connectivity index (χ2v) is 5.56. The molecule has 0 bridgehead atoms. The largest absolute Gasteiger partial charge is 1.00 e. The van der Waals surface area contributed by atoms with Gasteiger partial charge in [0.25, 0.3) is 0 Å². The van der Waals surface area contributed by atoms with E-state index in [1.54, 1.807) is 12.1 Å². The van der Waals surface area contributed by atoms with E-state index in [0.29, 0.717) is 0 Å². The fraction of sp³-hybridized carbons (Fsp3) is 0.571. The second-order valence-electron chi connectivity index (χ2n) is 5.56. The summed E-state index contributed by atoms with van der Waals surface area (Å²) in [7, 11) is 2.13. The summed E-state index contributed by atoms with van der Waals surface area (Å²) in [6.45, 7) is 0.538. The molecule has 2 rings (SSSR count). The number of halogens is 3. The van der Waals surface area contributed by atoms with Gasteiger partial charge in [0.2, 0.25) is 0 Å². The number of aryl methyl sites for hydroxylation is 1. The van der Waals surface area contributed by atoms with Crippen LogP contribution in [0.25, 0.3) is 0 Å². The van der Waals surface area contributed by atoms with E-state index in [1.165, 1.54) is 12.1 Å². The van der Waals surface area contributed by atoms with E-state index < -0.39 is 12.4 Å². The molecule has 0 aromatic heterocycles. The Bertz CT molecular complexity index is 417. The first kappa shape index (κ1) is 19.7. The molecule has 1 aromatic rings. The first-order valence-electron chi connectivity index (χ1n) is 7.15. The van der Waals surface area contributed by atoms with Crippen LogP contribution in [0.3, 0.4) is 0 Å². The van der Waals surface area contributed by atoms with Gasteiger partial charge in [-0.25, -0.2) is 0 Å². The summed E-state index contributed by atoms with van der Waals surface area (Å²) in [6.07, 6.45) is 1.84. The zero-order valence-corrected chi connectivity index (χ0v) is 16.0. The van der Waals surface area contributed by atoms with E-state index in [2.05, 4.69) is 16.8 Å². The van der Waals surface area contributed by atoms with Crippen LogP contribution in [0.5, 0.6) is 0 Å². The molecule has 112 valence electrons. The third kappa shape index (κ3) is 6.73. The van der Waals surface area contributed by atoms with Gasteiger partial charge in [-0.1, -0.05) is 24.3 Å². The van der Waals surface area contributed by atoms with Crippen LogP contribution in [-0.2, 0) is 6.42 Å². The minimum Gasteiger partial charge on any atom is -0.445 e. The van der Waals surface area contributed by atoms with Gasteiger partial charge in [-0.05, 0) is 32.0 Å². The molecule has 2 nitrogen and oxygen atoms in total. The summed E-state index contributed by atoms with van der Waals surface area (Å²) in [5.41, 5.74) is 0.482. The molecule has 1 fully saturated rings. The molecular formula is C14H21BF3KN2. The Morgan fingerprint density at radius 2 is 1.57 bits per heavy atom. The van der Waals surface area contributed by atoms with Gasteiger partial charge in [-0.15, -0.1) is 5.46 Å². The molecule has 0 N–H and O–H groups in total. The monoisotopic (exact) mass is 324 g/mol. The molecule has 1 aliphatic rings. The number of nitrogens with zero attached hydrogens (tertiary/aromatic N) is 2. The Kier molecular flexibility index (Phi) is 8.49. The van der Waals surface area contributed by atoms with Crippen LogP contribution in [0.15, 0.2) is 24.3 Å². The van der Waals surface area contributed by atoms with Crippen molar-refractivity contribution in [2.75, 3.05) is 39.8 Å². The SMILES string of the molecule is CN1CCN(CCCc2ccc([B-](F)(F)F)cc2)CC1.[K+]. The number of piperazine rings is 1. The molecular weight excluding hydrogens is 303 g/mol. The van der Waals surface area contributed by atoms with Gasteiger partial charge in [0.05, 0.1) is 0 Å². The Balaban J connectivity index is 0.00000220. The summed E-state index contributed by atoms with van der Waals surface area (Å²) in [5, 5.41) is 0. The Morgan fingerprint density at radius 3 is 2.10 bits per heavy atom. The molecule has 1 heterocycles. The maximum Gasteiger partial charge on any atom is 1.00 e.